The first-order valence-corrected chi connectivity index (χ1v) is 8.16. The van der Waals surface area contributed by atoms with Crippen LogP contribution in [0.1, 0.15) is 47.1 Å². The lowest BCUT2D eigenvalue weighted by Crippen LogP contribution is -3.00. The van der Waals surface area contributed by atoms with Crippen molar-refractivity contribution in [2.24, 2.45) is 0 Å². The van der Waals surface area contributed by atoms with Crippen LogP contribution in [0.3, 0.4) is 0 Å². The van der Waals surface area contributed by atoms with Gasteiger partial charge in [-0.3, -0.25) is 14.9 Å². The largest absolute Gasteiger partial charge is 1.00 e. The zero-order valence-electron chi connectivity index (χ0n) is 14.4. The third kappa shape index (κ3) is 2.47. The van der Waals surface area contributed by atoms with Crippen molar-refractivity contribution in [3.63, 3.8) is 0 Å². The number of hydrogen-bond donors (Lipinski definition) is 1. The highest BCUT2D eigenvalue weighted by molar-refractivity contribution is 6.21. The standard InChI is InChI=1S/C19H19N3O2.BrH/c1-12-19(2,3)15-9-6-10-21(16(15)20-12)11-22-17(23)13-7-4-5-8-14(13)18(22)24;/h4-10,12H,11H2,1-3H3;1H. The van der Waals surface area contributed by atoms with Crippen molar-refractivity contribution in [1.82, 2.24) is 4.90 Å². The minimum atomic E-state index is -0.231. The van der Waals surface area contributed by atoms with Crippen LogP contribution >= 0.6 is 0 Å². The first-order chi connectivity index (χ1) is 11.4. The Bertz CT molecular complexity index is 844. The van der Waals surface area contributed by atoms with E-state index in [0.29, 0.717) is 11.1 Å². The second-order valence-electron chi connectivity index (χ2n) is 7.05. The van der Waals surface area contributed by atoms with E-state index in [-0.39, 0.29) is 46.9 Å². The first-order valence-electron chi connectivity index (χ1n) is 8.16. The number of benzene rings is 1. The minimum absolute atomic E-state index is 0. The fourth-order valence-electron chi connectivity index (χ4n) is 3.49. The molecule has 0 fully saturated rings. The number of rotatable bonds is 2. The second-order valence-corrected chi connectivity index (χ2v) is 7.05. The third-order valence-electron chi connectivity index (χ3n) is 5.37. The molecule has 0 aliphatic carbocycles. The van der Waals surface area contributed by atoms with Crippen molar-refractivity contribution >= 4 is 17.6 Å². The monoisotopic (exact) mass is 401 g/mol. The smallest absolute Gasteiger partial charge is 0.280 e. The van der Waals surface area contributed by atoms with E-state index in [0.717, 1.165) is 5.82 Å². The molecule has 3 heterocycles. The van der Waals surface area contributed by atoms with E-state index >= 15 is 0 Å². The van der Waals surface area contributed by atoms with Gasteiger partial charge >= 0.3 is 0 Å². The predicted molar refractivity (Wildman–Crippen MR) is 89.7 cm³/mol. The van der Waals surface area contributed by atoms with Crippen LogP contribution in [-0.4, -0.2) is 22.8 Å². The molecule has 1 aromatic carbocycles. The Morgan fingerprint density at radius 2 is 1.68 bits per heavy atom. The van der Waals surface area contributed by atoms with E-state index in [2.05, 4.69) is 32.2 Å². The van der Waals surface area contributed by atoms with E-state index in [1.807, 2.05) is 16.8 Å². The molecule has 6 heteroatoms. The molecule has 0 saturated carbocycles. The molecule has 2 aromatic rings. The highest BCUT2D eigenvalue weighted by Gasteiger charge is 2.44. The fraction of sp³-hybridized carbons (Fsp3) is 0.316. The number of carbonyl (C=O) groups is 2. The Balaban J connectivity index is 0.00000182. The van der Waals surface area contributed by atoms with Gasteiger partial charge in [0.15, 0.2) is 6.67 Å². The Morgan fingerprint density at radius 1 is 1.08 bits per heavy atom. The summed E-state index contributed by atoms with van der Waals surface area (Å²) in [5.74, 6) is 0.517. The predicted octanol–water partition coefficient (Wildman–Crippen LogP) is -0.677. The topological polar surface area (TPSA) is 53.3 Å². The average molecular weight is 402 g/mol. The normalized spacial score (nSPS) is 20.0. The highest BCUT2D eigenvalue weighted by Crippen LogP contribution is 2.38. The van der Waals surface area contributed by atoms with E-state index in [1.165, 1.54) is 10.5 Å². The van der Waals surface area contributed by atoms with Crippen molar-refractivity contribution in [3.05, 3.63) is 59.3 Å². The first kappa shape index (κ1) is 17.6. The fourth-order valence-corrected chi connectivity index (χ4v) is 3.49. The Hall–Kier alpha value is -2.21. The molecule has 25 heavy (non-hydrogen) atoms. The zero-order valence-corrected chi connectivity index (χ0v) is 16.0. The van der Waals surface area contributed by atoms with Gasteiger partial charge in [0.25, 0.3) is 17.6 Å². The van der Waals surface area contributed by atoms with Crippen LogP contribution in [0.25, 0.3) is 0 Å². The second kappa shape index (κ2) is 5.95. The van der Waals surface area contributed by atoms with Crippen molar-refractivity contribution in [1.29, 1.82) is 0 Å². The summed E-state index contributed by atoms with van der Waals surface area (Å²) in [6, 6.07) is 11.3. The summed E-state index contributed by atoms with van der Waals surface area (Å²) in [5.41, 5.74) is 2.17. The van der Waals surface area contributed by atoms with Crippen molar-refractivity contribution < 1.29 is 31.1 Å². The number of carbonyl (C=O) groups excluding carboxylic acids is 2. The van der Waals surface area contributed by atoms with Gasteiger partial charge in [0.05, 0.1) is 22.9 Å². The van der Waals surface area contributed by atoms with Gasteiger partial charge in [-0.15, -0.1) is 0 Å². The van der Waals surface area contributed by atoms with Gasteiger partial charge in [0.1, 0.15) is 6.04 Å². The van der Waals surface area contributed by atoms with Crippen molar-refractivity contribution in [3.8, 4) is 0 Å². The SMILES string of the molecule is CC1Nc2c(ccc[n+]2CN2C(=O)c3ccccc3C2=O)C1(C)C.[Br-]. The van der Waals surface area contributed by atoms with E-state index in [1.54, 1.807) is 24.3 Å². The summed E-state index contributed by atoms with van der Waals surface area (Å²) in [4.78, 5) is 26.5. The van der Waals surface area contributed by atoms with Gasteiger partial charge in [-0.2, -0.15) is 0 Å². The van der Waals surface area contributed by atoms with Gasteiger partial charge in [-0.25, -0.2) is 9.47 Å². The highest BCUT2D eigenvalue weighted by atomic mass is 79.9. The van der Waals surface area contributed by atoms with E-state index in [9.17, 15) is 9.59 Å². The molecule has 0 spiro atoms. The molecule has 1 N–H and O–H groups in total. The number of pyridine rings is 1. The number of amides is 2. The summed E-state index contributed by atoms with van der Waals surface area (Å²) in [6.45, 7) is 6.75. The lowest BCUT2D eigenvalue weighted by Gasteiger charge is -2.20. The lowest BCUT2D eigenvalue weighted by atomic mass is 9.82. The third-order valence-corrected chi connectivity index (χ3v) is 5.37. The number of fused-ring (bicyclic) bond motifs is 2. The Kier molecular flexibility index (Phi) is 4.19. The number of nitrogens with one attached hydrogen (secondary N) is 1. The summed E-state index contributed by atoms with van der Waals surface area (Å²) >= 11 is 0. The molecule has 1 aromatic heterocycles. The molecular weight excluding hydrogens is 382 g/mol. The molecule has 5 nitrogen and oxygen atoms in total. The number of halogens is 1. The van der Waals surface area contributed by atoms with Gasteiger partial charge < -0.3 is 17.0 Å². The Labute approximate surface area is 157 Å². The molecular formula is C19H20BrN3O2. The number of imide groups is 1. The van der Waals surface area contributed by atoms with E-state index in [4.69, 9.17) is 0 Å². The molecule has 0 bridgehead atoms. The van der Waals surface area contributed by atoms with Crippen molar-refractivity contribution in [2.45, 2.75) is 38.9 Å². The maximum absolute atomic E-state index is 12.6. The van der Waals surface area contributed by atoms with Crippen LogP contribution in [0.15, 0.2) is 42.6 Å². The van der Waals surface area contributed by atoms with Gasteiger partial charge in [0, 0.05) is 5.41 Å². The number of hydrogen-bond acceptors (Lipinski definition) is 3. The molecule has 130 valence electrons. The van der Waals surface area contributed by atoms with E-state index < -0.39 is 0 Å². The number of nitrogens with zero attached hydrogens (tertiary/aromatic N) is 2. The number of anilines is 1. The van der Waals surface area contributed by atoms with Crippen LogP contribution in [0.5, 0.6) is 0 Å². The molecule has 1 unspecified atom stereocenters. The zero-order chi connectivity index (χ0) is 17.1. The summed E-state index contributed by atoms with van der Waals surface area (Å²) in [5, 5.41) is 3.49. The molecule has 2 amide bonds. The molecule has 4 rings (SSSR count). The quantitative estimate of drug-likeness (QED) is 0.536. The minimum Gasteiger partial charge on any atom is -1.00 e. The van der Waals surface area contributed by atoms with Crippen LogP contribution in [-0.2, 0) is 12.1 Å². The number of aromatic nitrogens is 1. The molecule has 1 atom stereocenters. The molecule has 0 saturated heterocycles. The van der Waals surface area contributed by atoms with Crippen LogP contribution in [0.2, 0.25) is 0 Å². The van der Waals surface area contributed by atoms with Gasteiger partial charge in [-0.05, 0) is 31.2 Å². The summed E-state index contributed by atoms with van der Waals surface area (Å²) in [7, 11) is 0. The van der Waals surface area contributed by atoms with Crippen LogP contribution < -0.4 is 26.9 Å². The average Bonchev–Trinajstić information content (AvgIpc) is 2.95. The van der Waals surface area contributed by atoms with Gasteiger partial charge in [0.2, 0.25) is 0 Å². The summed E-state index contributed by atoms with van der Waals surface area (Å²) in [6.07, 6.45) is 1.91. The molecule has 2 aliphatic heterocycles. The van der Waals surface area contributed by atoms with Gasteiger partial charge in [-0.1, -0.05) is 26.0 Å². The lowest BCUT2D eigenvalue weighted by molar-refractivity contribution is -0.696. The Morgan fingerprint density at radius 3 is 2.28 bits per heavy atom. The maximum Gasteiger partial charge on any atom is 0.280 e. The molecule has 0 radical (unpaired) electrons. The van der Waals surface area contributed by atoms with Crippen LogP contribution in [0, 0.1) is 0 Å². The van der Waals surface area contributed by atoms with Crippen LogP contribution in [0.4, 0.5) is 5.82 Å². The maximum atomic E-state index is 12.6. The molecule has 2 aliphatic rings. The summed E-state index contributed by atoms with van der Waals surface area (Å²) < 4.78 is 1.95. The van der Waals surface area contributed by atoms with Crippen molar-refractivity contribution in [2.75, 3.05) is 5.32 Å².